The van der Waals surface area contributed by atoms with E-state index in [2.05, 4.69) is 10.4 Å². The molecule has 7 nitrogen and oxygen atoms in total. The Hall–Kier alpha value is -2.57. The zero-order chi connectivity index (χ0) is 15.4. The predicted octanol–water partition coefficient (Wildman–Crippen LogP) is 3.11. The van der Waals surface area contributed by atoms with Crippen LogP contribution in [-0.2, 0) is 13.5 Å². The highest BCUT2D eigenvalue weighted by atomic mass is 16.6. The number of nitrogens with zero attached hydrogens (tertiary/aromatic N) is 3. The van der Waals surface area contributed by atoms with E-state index in [1.807, 2.05) is 26.1 Å². The first kappa shape index (κ1) is 14.8. The number of aryl methyl sites for hydroxylation is 2. The molecule has 0 atom stereocenters. The van der Waals surface area contributed by atoms with Gasteiger partial charge in [0, 0.05) is 19.8 Å². The number of anilines is 1. The average molecular weight is 290 g/mol. The van der Waals surface area contributed by atoms with Gasteiger partial charge in [0.1, 0.15) is 11.4 Å². The molecule has 0 amide bonds. The van der Waals surface area contributed by atoms with E-state index in [9.17, 15) is 10.1 Å². The fourth-order valence-corrected chi connectivity index (χ4v) is 2.05. The van der Waals surface area contributed by atoms with Crippen molar-refractivity contribution >= 4 is 11.4 Å². The summed E-state index contributed by atoms with van der Waals surface area (Å²) in [4.78, 5) is 10.8. The number of hydrogen-bond donors (Lipinski definition) is 1. The molecule has 0 bridgehead atoms. The Morgan fingerprint density at radius 2 is 2.05 bits per heavy atom. The van der Waals surface area contributed by atoms with Crippen LogP contribution in [0.5, 0.6) is 11.6 Å². The number of hydrogen-bond acceptors (Lipinski definition) is 5. The monoisotopic (exact) mass is 290 g/mol. The Balaban J connectivity index is 2.35. The number of nitrogens with one attached hydrogen (secondary N) is 1. The molecule has 0 aliphatic heterocycles. The molecule has 112 valence electrons. The lowest BCUT2D eigenvalue weighted by atomic mass is 10.2. The van der Waals surface area contributed by atoms with E-state index in [1.54, 1.807) is 19.2 Å². The molecule has 21 heavy (non-hydrogen) atoms. The largest absolute Gasteiger partial charge is 0.434 e. The van der Waals surface area contributed by atoms with Gasteiger partial charge in [-0.2, -0.15) is 5.10 Å². The molecule has 1 aromatic heterocycles. The van der Waals surface area contributed by atoms with Crippen LogP contribution in [0.2, 0.25) is 0 Å². The molecule has 0 fully saturated rings. The average Bonchev–Trinajstić information content (AvgIpc) is 2.76. The standard InChI is InChI=1S/C14H18N4O3/c1-4-5-12-13(18(19)20)14(17(3)16-12)21-11-8-6-10(15-2)7-9-11/h6-9,15H,4-5H2,1-3H3. The number of aromatic nitrogens is 2. The minimum atomic E-state index is -0.435. The molecular weight excluding hydrogens is 272 g/mol. The summed E-state index contributed by atoms with van der Waals surface area (Å²) in [5.41, 5.74) is 1.33. The number of nitro groups is 1. The summed E-state index contributed by atoms with van der Waals surface area (Å²) in [5.74, 6) is 0.684. The van der Waals surface area contributed by atoms with Crippen LogP contribution in [0.15, 0.2) is 24.3 Å². The fourth-order valence-electron chi connectivity index (χ4n) is 2.05. The molecule has 0 aliphatic rings. The van der Waals surface area contributed by atoms with Gasteiger partial charge in [-0.05, 0) is 30.7 Å². The minimum Gasteiger partial charge on any atom is -0.434 e. The van der Waals surface area contributed by atoms with Crippen LogP contribution in [-0.4, -0.2) is 21.8 Å². The van der Waals surface area contributed by atoms with Crippen LogP contribution < -0.4 is 10.1 Å². The van der Waals surface area contributed by atoms with Crippen LogP contribution in [0.25, 0.3) is 0 Å². The van der Waals surface area contributed by atoms with Gasteiger partial charge in [-0.15, -0.1) is 0 Å². The Kier molecular flexibility index (Phi) is 4.42. The summed E-state index contributed by atoms with van der Waals surface area (Å²) in [5, 5.41) is 18.5. The normalized spacial score (nSPS) is 10.4. The van der Waals surface area contributed by atoms with Crippen molar-refractivity contribution in [1.29, 1.82) is 0 Å². The lowest BCUT2D eigenvalue weighted by molar-refractivity contribution is -0.386. The topological polar surface area (TPSA) is 82.2 Å². The third-order valence-electron chi connectivity index (χ3n) is 3.07. The van der Waals surface area contributed by atoms with E-state index in [0.717, 1.165) is 12.1 Å². The van der Waals surface area contributed by atoms with Crippen molar-refractivity contribution in [2.24, 2.45) is 7.05 Å². The van der Waals surface area contributed by atoms with Gasteiger partial charge >= 0.3 is 5.69 Å². The third kappa shape index (κ3) is 3.13. The van der Waals surface area contributed by atoms with Crippen LogP contribution >= 0.6 is 0 Å². The summed E-state index contributed by atoms with van der Waals surface area (Å²) in [7, 11) is 3.46. The first-order valence-corrected chi connectivity index (χ1v) is 6.72. The van der Waals surface area contributed by atoms with Crippen LogP contribution in [0.3, 0.4) is 0 Å². The van der Waals surface area contributed by atoms with Gasteiger partial charge in [-0.3, -0.25) is 10.1 Å². The quantitative estimate of drug-likeness (QED) is 0.653. The van der Waals surface area contributed by atoms with Gasteiger partial charge < -0.3 is 10.1 Å². The Morgan fingerprint density at radius 3 is 2.57 bits per heavy atom. The van der Waals surface area contributed by atoms with E-state index in [1.165, 1.54) is 4.68 Å². The summed E-state index contributed by atoms with van der Waals surface area (Å²) < 4.78 is 7.07. The van der Waals surface area contributed by atoms with Gasteiger partial charge in [-0.25, -0.2) is 4.68 Å². The SMILES string of the molecule is CCCc1nn(C)c(Oc2ccc(NC)cc2)c1[N+](=O)[O-]. The van der Waals surface area contributed by atoms with Crippen molar-refractivity contribution in [3.8, 4) is 11.6 Å². The molecule has 0 unspecified atom stereocenters. The lowest BCUT2D eigenvalue weighted by Crippen LogP contribution is -1.97. The Morgan fingerprint density at radius 1 is 1.38 bits per heavy atom. The molecular formula is C14H18N4O3. The highest BCUT2D eigenvalue weighted by Gasteiger charge is 2.28. The highest BCUT2D eigenvalue weighted by molar-refractivity contribution is 5.50. The van der Waals surface area contributed by atoms with Crippen molar-refractivity contribution in [2.45, 2.75) is 19.8 Å². The Bertz CT molecular complexity index is 634. The number of rotatable bonds is 6. The zero-order valence-corrected chi connectivity index (χ0v) is 12.3. The van der Waals surface area contributed by atoms with Crippen LogP contribution in [0.4, 0.5) is 11.4 Å². The van der Waals surface area contributed by atoms with Gasteiger partial charge in [0.05, 0.1) is 4.92 Å². The molecule has 0 spiro atoms. The maximum Gasteiger partial charge on any atom is 0.353 e. The van der Waals surface area contributed by atoms with E-state index in [0.29, 0.717) is 17.9 Å². The second-order valence-corrected chi connectivity index (χ2v) is 4.61. The van der Waals surface area contributed by atoms with Crippen molar-refractivity contribution in [1.82, 2.24) is 9.78 Å². The van der Waals surface area contributed by atoms with E-state index >= 15 is 0 Å². The highest BCUT2D eigenvalue weighted by Crippen LogP contribution is 2.34. The molecule has 1 heterocycles. The fraction of sp³-hybridized carbons (Fsp3) is 0.357. The minimum absolute atomic E-state index is 0.0583. The van der Waals surface area contributed by atoms with Gasteiger partial charge in [0.25, 0.3) is 5.88 Å². The van der Waals surface area contributed by atoms with Crippen molar-refractivity contribution in [2.75, 3.05) is 12.4 Å². The van der Waals surface area contributed by atoms with Gasteiger partial charge in [0.15, 0.2) is 0 Å². The van der Waals surface area contributed by atoms with E-state index in [4.69, 9.17) is 4.74 Å². The lowest BCUT2D eigenvalue weighted by Gasteiger charge is -2.06. The smallest absolute Gasteiger partial charge is 0.353 e. The molecule has 0 saturated heterocycles. The maximum absolute atomic E-state index is 11.3. The molecule has 0 saturated carbocycles. The second kappa shape index (κ2) is 6.25. The molecule has 2 rings (SSSR count). The number of benzene rings is 1. The number of ether oxygens (including phenoxy) is 1. The van der Waals surface area contributed by atoms with Gasteiger partial charge in [0.2, 0.25) is 0 Å². The molecule has 7 heteroatoms. The second-order valence-electron chi connectivity index (χ2n) is 4.61. The molecule has 2 aromatic rings. The first-order valence-electron chi connectivity index (χ1n) is 6.72. The van der Waals surface area contributed by atoms with E-state index < -0.39 is 4.92 Å². The van der Waals surface area contributed by atoms with Gasteiger partial charge in [-0.1, -0.05) is 13.3 Å². The first-order chi connectivity index (χ1) is 10.1. The molecule has 1 N–H and O–H groups in total. The predicted molar refractivity (Wildman–Crippen MR) is 79.9 cm³/mol. The summed E-state index contributed by atoms with van der Waals surface area (Å²) in [6.45, 7) is 1.95. The van der Waals surface area contributed by atoms with Crippen molar-refractivity contribution in [3.05, 3.63) is 40.1 Å². The molecule has 0 radical (unpaired) electrons. The van der Waals surface area contributed by atoms with E-state index in [-0.39, 0.29) is 11.6 Å². The summed E-state index contributed by atoms with van der Waals surface area (Å²) >= 11 is 0. The maximum atomic E-state index is 11.3. The van der Waals surface area contributed by atoms with Crippen molar-refractivity contribution < 1.29 is 9.66 Å². The molecule has 1 aromatic carbocycles. The van der Waals surface area contributed by atoms with Crippen LogP contribution in [0.1, 0.15) is 19.0 Å². The summed E-state index contributed by atoms with van der Waals surface area (Å²) in [6, 6.07) is 7.18. The van der Waals surface area contributed by atoms with Crippen LogP contribution in [0, 0.1) is 10.1 Å². The third-order valence-corrected chi connectivity index (χ3v) is 3.07. The Labute approximate surface area is 122 Å². The van der Waals surface area contributed by atoms with Crippen molar-refractivity contribution in [3.63, 3.8) is 0 Å². The summed E-state index contributed by atoms with van der Waals surface area (Å²) in [6.07, 6.45) is 1.33. The zero-order valence-electron chi connectivity index (χ0n) is 12.3. The molecule has 0 aliphatic carbocycles.